The Morgan fingerprint density at radius 3 is 2.00 bits per heavy atom. The number of hydrogen-bond donors (Lipinski definition) is 0. The average Bonchev–Trinajstić information content (AvgIpc) is 2.47. The normalized spacial score (nSPS) is 11.7. The van der Waals surface area contributed by atoms with Gasteiger partial charge in [0.1, 0.15) is 0 Å². The number of nitro groups is 1. The van der Waals surface area contributed by atoms with Crippen LogP contribution in [-0.4, -0.2) is 4.92 Å². The van der Waals surface area contributed by atoms with Crippen LogP contribution in [0.1, 0.15) is 11.1 Å². The van der Waals surface area contributed by atoms with Gasteiger partial charge in [-0.1, -0.05) is 24.3 Å². The molecular weight excluding hydrogens is 262 g/mol. The molecule has 3 heteroatoms. The largest absolute Gasteiger partial charge is 0.270 e. The molecule has 0 aromatic heterocycles. The van der Waals surface area contributed by atoms with Crippen LogP contribution in [0.3, 0.4) is 0 Å². The fraction of sp³-hybridized carbons (Fsp3) is 0.111. The number of nitro benzene ring substituents is 1. The lowest BCUT2D eigenvalue weighted by atomic mass is 9.73. The van der Waals surface area contributed by atoms with Crippen LogP contribution < -0.4 is 0 Å². The van der Waals surface area contributed by atoms with Gasteiger partial charge in [0.05, 0.1) is 4.92 Å². The van der Waals surface area contributed by atoms with Gasteiger partial charge >= 0.3 is 0 Å². The molecule has 0 saturated carbocycles. The number of aryl methyl sites for hydroxylation is 2. The van der Waals surface area contributed by atoms with Gasteiger partial charge in [0.15, 0.2) is 0 Å². The zero-order chi connectivity index (χ0) is 14.7. The van der Waals surface area contributed by atoms with E-state index in [2.05, 4.69) is 32.0 Å². The minimum absolute atomic E-state index is 0.157. The third kappa shape index (κ3) is 1.43. The molecule has 0 saturated heterocycles. The standard InChI is InChI=1S/C18H13NO2/c1-10-13-5-3-4-6-14(13)11(2)18-16-9-12(19(20)21)7-8-15(16)17(10)18/h3-9H,1-2H3. The molecule has 0 bridgehead atoms. The van der Waals surface area contributed by atoms with Crippen molar-refractivity contribution in [3.63, 3.8) is 0 Å². The lowest BCUT2D eigenvalue weighted by Crippen LogP contribution is -2.05. The lowest BCUT2D eigenvalue weighted by Gasteiger charge is -2.29. The van der Waals surface area contributed by atoms with E-state index in [1.54, 1.807) is 12.1 Å². The Kier molecular flexibility index (Phi) is 2.25. The van der Waals surface area contributed by atoms with Gasteiger partial charge in [-0.2, -0.15) is 0 Å². The summed E-state index contributed by atoms with van der Waals surface area (Å²) >= 11 is 0. The van der Waals surface area contributed by atoms with Gasteiger partial charge in [-0.25, -0.2) is 0 Å². The second-order valence-electron chi connectivity index (χ2n) is 5.53. The summed E-state index contributed by atoms with van der Waals surface area (Å²) in [6.45, 7) is 4.23. The number of hydrogen-bond acceptors (Lipinski definition) is 2. The molecule has 0 atom stereocenters. The quantitative estimate of drug-likeness (QED) is 0.362. The molecule has 3 aromatic carbocycles. The van der Waals surface area contributed by atoms with E-state index in [-0.39, 0.29) is 10.6 Å². The lowest BCUT2D eigenvalue weighted by molar-refractivity contribution is -0.384. The molecule has 0 fully saturated rings. The Morgan fingerprint density at radius 1 is 0.857 bits per heavy atom. The summed E-state index contributed by atoms with van der Waals surface area (Å²) in [6, 6.07) is 13.5. The van der Waals surface area contributed by atoms with E-state index in [9.17, 15) is 10.1 Å². The summed E-state index contributed by atoms with van der Waals surface area (Å²) in [5.74, 6) is 0. The van der Waals surface area contributed by atoms with Gasteiger partial charge in [-0.05, 0) is 64.1 Å². The first kappa shape index (κ1) is 12.1. The summed E-state index contributed by atoms with van der Waals surface area (Å²) in [6.07, 6.45) is 0. The maximum absolute atomic E-state index is 11.0. The zero-order valence-corrected chi connectivity index (χ0v) is 11.8. The van der Waals surface area contributed by atoms with Crippen molar-refractivity contribution in [3.8, 4) is 22.3 Å². The third-order valence-electron chi connectivity index (χ3n) is 4.49. The molecule has 0 amide bonds. The Balaban J connectivity index is 2.08. The Morgan fingerprint density at radius 2 is 1.43 bits per heavy atom. The Bertz CT molecular complexity index is 942. The molecule has 0 heterocycles. The first-order valence-electron chi connectivity index (χ1n) is 6.90. The molecule has 0 aliphatic heterocycles. The highest BCUT2D eigenvalue weighted by Crippen LogP contribution is 2.53. The second-order valence-corrected chi connectivity index (χ2v) is 5.53. The van der Waals surface area contributed by atoms with E-state index in [0.29, 0.717) is 0 Å². The van der Waals surface area contributed by atoms with Gasteiger partial charge < -0.3 is 0 Å². The molecule has 102 valence electrons. The highest BCUT2D eigenvalue weighted by molar-refractivity contribution is 6.13. The summed E-state index contributed by atoms with van der Waals surface area (Å²) in [5.41, 5.74) is 7.17. The van der Waals surface area contributed by atoms with Crippen LogP contribution in [0.2, 0.25) is 0 Å². The maximum Gasteiger partial charge on any atom is 0.270 e. The highest BCUT2D eigenvalue weighted by Gasteiger charge is 2.29. The molecule has 0 spiro atoms. The van der Waals surface area contributed by atoms with Crippen molar-refractivity contribution in [2.24, 2.45) is 0 Å². The molecule has 4 rings (SSSR count). The average molecular weight is 275 g/mol. The van der Waals surface area contributed by atoms with Crippen molar-refractivity contribution >= 4 is 16.5 Å². The molecule has 1 aliphatic rings. The van der Waals surface area contributed by atoms with Crippen molar-refractivity contribution in [1.29, 1.82) is 0 Å². The van der Waals surface area contributed by atoms with E-state index in [4.69, 9.17) is 0 Å². The van der Waals surface area contributed by atoms with Crippen LogP contribution in [0.15, 0.2) is 42.5 Å². The minimum Gasteiger partial charge on any atom is -0.258 e. The van der Waals surface area contributed by atoms with E-state index < -0.39 is 0 Å². The van der Waals surface area contributed by atoms with Crippen LogP contribution in [0.4, 0.5) is 5.69 Å². The van der Waals surface area contributed by atoms with Crippen molar-refractivity contribution in [1.82, 2.24) is 0 Å². The van der Waals surface area contributed by atoms with Crippen molar-refractivity contribution in [2.75, 3.05) is 0 Å². The van der Waals surface area contributed by atoms with Crippen molar-refractivity contribution in [3.05, 3.63) is 63.7 Å². The topological polar surface area (TPSA) is 43.1 Å². The predicted molar refractivity (Wildman–Crippen MR) is 84.5 cm³/mol. The van der Waals surface area contributed by atoms with Crippen LogP contribution in [0.25, 0.3) is 33.0 Å². The Hall–Kier alpha value is -2.68. The molecule has 3 nitrogen and oxygen atoms in total. The number of nitrogens with zero attached hydrogens (tertiary/aromatic N) is 1. The van der Waals surface area contributed by atoms with Gasteiger partial charge in [-0.3, -0.25) is 10.1 Å². The number of benzene rings is 3. The van der Waals surface area contributed by atoms with Gasteiger partial charge in [0, 0.05) is 12.1 Å². The van der Waals surface area contributed by atoms with Crippen LogP contribution in [-0.2, 0) is 0 Å². The first-order valence-corrected chi connectivity index (χ1v) is 6.90. The highest BCUT2D eigenvalue weighted by atomic mass is 16.6. The molecular formula is C18H13NO2. The fourth-order valence-corrected chi connectivity index (χ4v) is 3.46. The van der Waals surface area contributed by atoms with Crippen LogP contribution >= 0.6 is 0 Å². The number of fused-ring (bicyclic) bond motifs is 5. The van der Waals surface area contributed by atoms with Crippen molar-refractivity contribution in [2.45, 2.75) is 13.8 Å². The zero-order valence-electron chi connectivity index (χ0n) is 11.8. The smallest absolute Gasteiger partial charge is 0.258 e. The van der Waals surface area contributed by atoms with Crippen LogP contribution in [0.5, 0.6) is 0 Å². The van der Waals surface area contributed by atoms with Gasteiger partial charge in [0.25, 0.3) is 5.69 Å². The van der Waals surface area contributed by atoms with Crippen LogP contribution in [0, 0.1) is 24.0 Å². The van der Waals surface area contributed by atoms with Crippen molar-refractivity contribution < 1.29 is 4.92 Å². The van der Waals surface area contributed by atoms with E-state index in [1.165, 1.54) is 33.0 Å². The Labute approximate surface area is 122 Å². The van der Waals surface area contributed by atoms with E-state index >= 15 is 0 Å². The summed E-state index contributed by atoms with van der Waals surface area (Å²) in [4.78, 5) is 10.6. The van der Waals surface area contributed by atoms with E-state index in [0.717, 1.165) is 11.1 Å². The number of rotatable bonds is 1. The van der Waals surface area contributed by atoms with Gasteiger partial charge in [-0.15, -0.1) is 0 Å². The monoisotopic (exact) mass is 275 g/mol. The molecule has 3 aromatic rings. The molecule has 0 unspecified atom stereocenters. The SMILES string of the molecule is Cc1c2c(c(C)c3ccccc13)-c1cc([N+](=O)[O-])ccc1-2. The summed E-state index contributed by atoms with van der Waals surface area (Å²) < 4.78 is 0. The molecule has 0 N–H and O–H groups in total. The maximum atomic E-state index is 11.0. The molecule has 0 radical (unpaired) electrons. The fourth-order valence-electron chi connectivity index (χ4n) is 3.46. The second kappa shape index (κ2) is 3.92. The molecule has 1 aliphatic carbocycles. The summed E-state index contributed by atoms with van der Waals surface area (Å²) in [7, 11) is 0. The molecule has 21 heavy (non-hydrogen) atoms. The predicted octanol–water partition coefficient (Wildman–Crippen LogP) is 5.01. The minimum atomic E-state index is -0.332. The van der Waals surface area contributed by atoms with Gasteiger partial charge in [0.2, 0.25) is 0 Å². The van der Waals surface area contributed by atoms with E-state index in [1.807, 2.05) is 12.1 Å². The third-order valence-corrected chi connectivity index (χ3v) is 4.49. The number of non-ortho nitro benzene ring substituents is 1. The summed E-state index contributed by atoms with van der Waals surface area (Å²) in [5, 5.41) is 13.5. The first-order chi connectivity index (χ1) is 10.1.